The molecule has 39 heavy (non-hydrogen) atoms. The van der Waals surface area contributed by atoms with Gasteiger partial charge in [-0.3, -0.25) is 15.0 Å². The number of aromatic nitrogens is 5. The molecule has 3 N–H and O–H groups in total. The third-order valence-corrected chi connectivity index (χ3v) is 7.62. The molecule has 7 rings (SSSR count). The van der Waals surface area contributed by atoms with E-state index in [0.717, 1.165) is 78.2 Å². The van der Waals surface area contributed by atoms with E-state index < -0.39 is 0 Å². The molecule has 0 saturated carbocycles. The van der Waals surface area contributed by atoms with Crippen molar-refractivity contribution in [3.63, 3.8) is 0 Å². The van der Waals surface area contributed by atoms with Crippen molar-refractivity contribution >= 4 is 27.5 Å². The average molecular weight is 524 g/mol. The van der Waals surface area contributed by atoms with E-state index >= 15 is 0 Å². The van der Waals surface area contributed by atoms with Gasteiger partial charge < -0.3 is 15.0 Å². The van der Waals surface area contributed by atoms with Gasteiger partial charge in [0.1, 0.15) is 29.4 Å². The normalized spacial score (nSPS) is 16.3. The van der Waals surface area contributed by atoms with Crippen LogP contribution >= 0.6 is 0 Å². The Morgan fingerprint density at radius 2 is 1.92 bits per heavy atom. The van der Waals surface area contributed by atoms with E-state index in [1.54, 1.807) is 6.20 Å². The fraction of sp³-hybridized carbons (Fsp3) is 0.300. The number of rotatable bonds is 7. The number of ether oxygens (including phenoxy) is 1. The molecule has 6 heterocycles. The molecule has 4 aromatic heterocycles. The van der Waals surface area contributed by atoms with Gasteiger partial charge in [-0.1, -0.05) is 6.08 Å². The smallest absolute Gasteiger partial charge is 0.135 e. The standard InChI is InChI=1S/C30H30FN7O/c31-21-15-20(16-22(17-21)39-14-13-38-11-1-2-12-38)28-23-18-27(34-25(23)7-10-33-28)30-29-26(36-37-30)4-3-24(35-29)19-5-8-32-9-6-19/h3-5,7,10,15-18,32,34H,1-2,6,8-9,11-14H2,(H,36,37). The van der Waals surface area contributed by atoms with Crippen molar-refractivity contribution in [3.05, 3.63) is 66.2 Å². The molecule has 1 saturated heterocycles. The fourth-order valence-electron chi connectivity index (χ4n) is 5.61. The average Bonchev–Trinajstić information content (AvgIpc) is 3.72. The molecule has 0 aliphatic carbocycles. The molecule has 0 radical (unpaired) electrons. The Hall–Kier alpha value is -4.08. The van der Waals surface area contributed by atoms with E-state index in [2.05, 4.69) is 36.5 Å². The van der Waals surface area contributed by atoms with Gasteiger partial charge in [0.2, 0.25) is 0 Å². The number of nitrogens with zero attached hydrogens (tertiary/aromatic N) is 4. The topological polar surface area (TPSA) is 94.8 Å². The van der Waals surface area contributed by atoms with Crippen molar-refractivity contribution in [2.24, 2.45) is 0 Å². The SMILES string of the molecule is Fc1cc(OCCN2CCCC2)cc(-c2nccc3[nH]c(-c4n[nH]c5ccc(C6=CCNCC6)nc45)cc23)c1. The van der Waals surface area contributed by atoms with Crippen LogP contribution in [-0.4, -0.2) is 69.4 Å². The molecule has 0 spiro atoms. The zero-order chi connectivity index (χ0) is 26.2. The summed E-state index contributed by atoms with van der Waals surface area (Å²) in [7, 11) is 0. The molecule has 9 heteroatoms. The van der Waals surface area contributed by atoms with E-state index in [1.807, 2.05) is 30.3 Å². The Kier molecular flexibility index (Phi) is 6.30. The van der Waals surface area contributed by atoms with Crippen LogP contribution in [-0.2, 0) is 0 Å². The molecule has 0 atom stereocenters. The van der Waals surface area contributed by atoms with Crippen LogP contribution in [0.25, 0.3) is 50.2 Å². The second-order valence-corrected chi connectivity index (χ2v) is 10.2. The van der Waals surface area contributed by atoms with Crippen LogP contribution in [0.3, 0.4) is 0 Å². The first kappa shape index (κ1) is 24.0. The first-order valence-corrected chi connectivity index (χ1v) is 13.6. The monoisotopic (exact) mass is 523 g/mol. The van der Waals surface area contributed by atoms with Gasteiger partial charge >= 0.3 is 0 Å². The van der Waals surface area contributed by atoms with Crippen molar-refractivity contribution in [2.75, 3.05) is 39.3 Å². The molecule has 5 aromatic rings. The quantitative estimate of drug-likeness (QED) is 0.273. The van der Waals surface area contributed by atoms with Crippen molar-refractivity contribution in [2.45, 2.75) is 19.3 Å². The molecule has 1 fully saturated rings. The lowest BCUT2D eigenvalue weighted by Gasteiger charge is -2.15. The molecule has 0 unspecified atom stereocenters. The van der Waals surface area contributed by atoms with E-state index in [-0.39, 0.29) is 5.82 Å². The highest BCUT2D eigenvalue weighted by molar-refractivity contribution is 5.99. The summed E-state index contributed by atoms with van der Waals surface area (Å²) in [6, 6.07) is 12.8. The minimum absolute atomic E-state index is 0.347. The first-order valence-electron chi connectivity index (χ1n) is 13.6. The summed E-state index contributed by atoms with van der Waals surface area (Å²) in [6.07, 6.45) is 7.35. The molecular formula is C30H30FN7O. The van der Waals surface area contributed by atoms with Gasteiger partial charge in [-0.25, -0.2) is 9.37 Å². The lowest BCUT2D eigenvalue weighted by molar-refractivity contribution is 0.237. The Balaban J connectivity index is 1.22. The van der Waals surface area contributed by atoms with Gasteiger partial charge in [-0.2, -0.15) is 5.10 Å². The van der Waals surface area contributed by atoms with Crippen molar-refractivity contribution in [3.8, 4) is 28.4 Å². The van der Waals surface area contributed by atoms with Crippen molar-refractivity contribution < 1.29 is 9.13 Å². The van der Waals surface area contributed by atoms with E-state index in [0.29, 0.717) is 23.6 Å². The zero-order valence-electron chi connectivity index (χ0n) is 21.6. The molecule has 8 nitrogen and oxygen atoms in total. The number of benzene rings is 1. The number of pyridine rings is 2. The number of likely N-dealkylation sites (tertiary alicyclic amines) is 1. The highest BCUT2D eigenvalue weighted by Gasteiger charge is 2.18. The molecule has 0 amide bonds. The number of aromatic amines is 2. The molecule has 198 valence electrons. The van der Waals surface area contributed by atoms with E-state index in [9.17, 15) is 4.39 Å². The number of hydrogen-bond donors (Lipinski definition) is 3. The third-order valence-electron chi connectivity index (χ3n) is 7.62. The van der Waals surface area contributed by atoms with Crippen LogP contribution in [0, 0.1) is 5.82 Å². The molecule has 2 aliphatic heterocycles. The maximum atomic E-state index is 14.7. The maximum Gasteiger partial charge on any atom is 0.135 e. The number of hydrogen-bond acceptors (Lipinski definition) is 6. The van der Waals surface area contributed by atoms with Crippen LogP contribution in [0.1, 0.15) is 25.0 Å². The number of halogens is 1. The number of nitrogens with one attached hydrogen (secondary N) is 3. The summed E-state index contributed by atoms with van der Waals surface area (Å²) in [5.74, 6) is 0.168. The van der Waals surface area contributed by atoms with Crippen LogP contribution in [0.4, 0.5) is 4.39 Å². The van der Waals surface area contributed by atoms with Gasteiger partial charge in [0, 0.05) is 41.8 Å². The summed E-state index contributed by atoms with van der Waals surface area (Å²) in [6.45, 7) is 5.41. The van der Waals surface area contributed by atoms with Gasteiger partial charge in [0.15, 0.2) is 0 Å². The predicted molar refractivity (Wildman–Crippen MR) is 151 cm³/mol. The van der Waals surface area contributed by atoms with Crippen LogP contribution < -0.4 is 10.1 Å². The largest absolute Gasteiger partial charge is 0.492 e. The molecule has 0 bridgehead atoms. The minimum Gasteiger partial charge on any atom is -0.492 e. The Bertz CT molecular complexity index is 1680. The summed E-state index contributed by atoms with van der Waals surface area (Å²) in [5, 5.41) is 11.9. The summed E-state index contributed by atoms with van der Waals surface area (Å²) >= 11 is 0. The summed E-state index contributed by atoms with van der Waals surface area (Å²) < 4.78 is 20.6. The van der Waals surface area contributed by atoms with E-state index in [1.165, 1.54) is 30.5 Å². The summed E-state index contributed by atoms with van der Waals surface area (Å²) in [4.78, 5) is 15.5. The maximum absolute atomic E-state index is 14.7. The Labute approximate surface area is 225 Å². The highest BCUT2D eigenvalue weighted by Crippen LogP contribution is 2.34. The number of fused-ring (bicyclic) bond motifs is 2. The number of H-pyrrole nitrogens is 2. The second-order valence-electron chi connectivity index (χ2n) is 10.2. The highest BCUT2D eigenvalue weighted by atomic mass is 19.1. The van der Waals surface area contributed by atoms with Gasteiger partial charge in [-0.05, 0) is 80.9 Å². The fourth-order valence-corrected chi connectivity index (χ4v) is 5.61. The molecular weight excluding hydrogens is 493 g/mol. The lowest BCUT2D eigenvalue weighted by atomic mass is 10.0. The van der Waals surface area contributed by atoms with Gasteiger partial charge in [-0.15, -0.1) is 0 Å². The van der Waals surface area contributed by atoms with Crippen molar-refractivity contribution in [1.29, 1.82) is 0 Å². The Morgan fingerprint density at radius 1 is 1.00 bits per heavy atom. The predicted octanol–water partition coefficient (Wildman–Crippen LogP) is 5.16. The van der Waals surface area contributed by atoms with E-state index in [4.69, 9.17) is 9.72 Å². The van der Waals surface area contributed by atoms with Gasteiger partial charge in [0.05, 0.1) is 22.6 Å². The lowest BCUT2D eigenvalue weighted by Crippen LogP contribution is -2.25. The third kappa shape index (κ3) is 4.79. The van der Waals surface area contributed by atoms with Crippen LogP contribution in [0.5, 0.6) is 5.75 Å². The Morgan fingerprint density at radius 3 is 2.79 bits per heavy atom. The minimum atomic E-state index is -0.347. The summed E-state index contributed by atoms with van der Waals surface area (Å²) in [5.41, 5.74) is 7.73. The van der Waals surface area contributed by atoms with Crippen LogP contribution in [0.15, 0.2) is 54.7 Å². The molecule has 1 aromatic carbocycles. The van der Waals surface area contributed by atoms with Gasteiger partial charge in [0.25, 0.3) is 0 Å². The zero-order valence-corrected chi connectivity index (χ0v) is 21.6. The second kappa shape index (κ2) is 10.2. The first-order chi connectivity index (χ1) is 19.2. The van der Waals surface area contributed by atoms with Crippen LogP contribution in [0.2, 0.25) is 0 Å². The molecule has 2 aliphatic rings. The van der Waals surface area contributed by atoms with Crippen molar-refractivity contribution in [1.82, 2.24) is 35.4 Å².